The largest absolute Gasteiger partial charge is 0.495 e. The van der Waals surface area contributed by atoms with Crippen LogP contribution in [0.4, 0.5) is 0 Å². The summed E-state index contributed by atoms with van der Waals surface area (Å²) in [4.78, 5) is 43.7. The van der Waals surface area contributed by atoms with Crippen LogP contribution in [0.15, 0.2) is 15.8 Å². The Morgan fingerprint density at radius 3 is 2.40 bits per heavy atom. The molecule has 2 aromatic rings. The van der Waals surface area contributed by atoms with E-state index < -0.39 is 11.2 Å². The SMILES string of the molecule is CCc1cnc2c(c1OC)c(=O)n(CC(=O)N(CC)CC)c(=O)n2C. The number of carbonyl (C=O) groups excluding carboxylic acids is 1. The minimum atomic E-state index is -0.572. The van der Waals surface area contributed by atoms with Gasteiger partial charge in [-0.25, -0.2) is 14.3 Å². The average molecular weight is 348 g/mol. The first-order valence-electron chi connectivity index (χ1n) is 8.34. The fraction of sp³-hybridized carbons (Fsp3) is 0.529. The first kappa shape index (κ1) is 18.7. The van der Waals surface area contributed by atoms with Gasteiger partial charge in [0.15, 0.2) is 5.65 Å². The van der Waals surface area contributed by atoms with Crippen LogP contribution in [0.1, 0.15) is 26.3 Å². The number of pyridine rings is 1. The van der Waals surface area contributed by atoms with Crippen LogP contribution in [0.25, 0.3) is 11.0 Å². The Morgan fingerprint density at radius 1 is 1.24 bits per heavy atom. The molecule has 0 spiro atoms. The van der Waals surface area contributed by atoms with Crippen molar-refractivity contribution in [3.05, 3.63) is 32.6 Å². The Balaban J connectivity index is 2.76. The number of aromatic nitrogens is 3. The van der Waals surface area contributed by atoms with E-state index >= 15 is 0 Å². The summed E-state index contributed by atoms with van der Waals surface area (Å²) in [5.74, 6) is 0.124. The summed E-state index contributed by atoms with van der Waals surface area (Å²) in [6.45, 7) is 6.36. The van der Waals surface area contributed by atoms with Gasteiger partial charge in [-0.05, 0) is 20.3 Å². The molecule has 2 heterocycles. The zero-order chi connectivity index (χ0) is 18.7. The standard InChI is InChI=1S/C17H24N4O4/c1-6-11-9-18-15-13(14(11)25-5)16(23)21(17(24)19(15)4)10-12(22)20(7-2)8-3/h9H,6-8,10H2,1-5H3. The lowest BCUT2D eigenvalue weighted by Gasteiger charge is -2.19. The van der Waals surface area contributed by atoms with Gasteiger partial charge in [0.05, 0.1) is 7.11 Å². The van der Waals surface area contributed by atoms with E-state index in [0.717, 1.165) is 10.1 Å². The van der Waals surface area contributed by atoms with Gasteiger partial charge >= 0.3 is 5.69 Å². The van der Waals surface area contributed by atoms with Crippen LogP contribution in [0, 0.1) is 0 Å². The number of carbonyl (C=O) groups is 1. The summed E-state index contributed by atoms with van der Waals surface area (Å²) < 4.78 is 7.63. The third-order valence-corrected chi connectivity index (χ3v) is 4.37. The second-order valence-corrected chi connectivity index (χ2v) is 5.67. The molecule has 0 aliphatic rings. The van der Waals surface area contributed by atoms with Crippen LogP contribution >= 0.6 is 0 Å². The highest BCUT2D eigenvalue weighted by Crippen LogP contribution is 2.24. The van der Waals surface area contributed by atoms with Crippen LogP contribution in [-0.4, -0.2) is 45.1 Å². The molecule has 0 aromatic carbocycles. The number of aryl methyl sites for hydroxylation is 2. The zero-order valence-electron chi connectivity index (χ0n) is 15.3. The van der Waals surface area contributed by atoms with Gasteiger partial charge in [-0.15, -0.1) is 0 Å². The molecule has 25 heavy (non-hydrogen) atoms. The predicted octanol–water partition coefficient (Wildman–Crippen LogP) is 0.535. The Kier molecular flexibility index (Phi) is 5.61. The van der Waals surface area contributed by atoms with E-state index in [-0.39, 0.29) is 23.5 Å². The number of likely N-dealkylation sites (N-methyl/N-ethyl adjacent to an activating group) is 1. The number of rotatable bonds is 6. The highest BCUT2D eigenvalue weighted by Gasteiger charge is 2.21. The second kappa shape index (κ2) is 7.50. The maximum Gasteiger partial charge on any atom is 0.332 e. The fourth-order valence-corrected chi connectivity index (χ4v) is 2.90. The fourth-order valence-electron chi connectivity index (χ4n) is 2.90. The molecule has 0 saturated heterocycles. The number of methoxy groups -OCH3 is 1. The molecular weight excluding hydrogens is 324 g/mol. The number of fused-ring (bicyclic) bond motifs is 1. The van der Waals surface area contributed by atoms with Gasteiger partial charge in [0, 0.05) is 31.9 Å². The first-order valence-corrected chi connectivity index (χ1v) is 8.34. The van der Waals surface area contributed by atoms with Crippen LogP contribution in [-0.2, 0) is 24.8 Å². The maximum atomic E-state index is 12.9. The van der Waals surface area contributed by atoms with Crippen molar-refractivity contribution in [3.63, 3.8) is 0 Å². The molecule has 8 heteroatoms. The number of hydrogen-bond acceptors (Lipinski definition) is 5. The van der Waals surface area contributed by atoms with E-state index in [4.69, 9.17) is 4.74 Å². The smallest absolute Gasteiger partial charge is 0.332 e. The summed E-state index contributed by atoms with van der Waals surface area (Å²) in [5, 5.41) is 0.219. The summed E-state index contributed by atoms with van der Waals surface area (Å²) >= 11 is 0. The molecule has 2 rings (SSSR count). The summed E-state index contributed by atoms with van der Waals surface area (Å²) in [6, 6.07) is 0. The van der Waals surface area contributed by atoms with E-state index in [2.05, 4.69) is 4.98 Å². The Hall–Kier alpha value is -2.64. The van der Waals surface area contributed by atoms with Crippen molar-refractivity contribution in [2.75, 3.05) is 20.2 Å². The van der Waals surface area contributed by atoms with Gasteiger partial charge in [0.25, 0.3) is 5.56 Å². The summed E-state index contributed by atoms with van der Waals surface area (Å²) in [6.07, 6.45) is 2.23. The molecule has 0 aliphatic carbocycles. The molecule has 0 aliphatic heterocycles. The average Bonchev–Trinajstić information content (AvgIpc) is 2.62. The van der Waals surface area contributed by atoms with Crippen molar-refractivity contribution in [2.24, 2.45) is 7.05 Å². The third-order valence-electron chi connectivity index (χ3n) is 4.37. The summed E-state index contributed by atoms with van der Waals surface area (Å²) in [5.41, 5.74) is -0.113. The van der Waals surface area contributed by atoms with Gasteiger partial charge in [-0.1, -0.05) is 6.92 Å². The van der Waals surface area contributed by atoms with E-state index in [0.29, 0.717) is 25.3 Å². The molecule has 0 bridgehead atoms. The minimum absolute atomic E-state index is 0.219. The molecular formula is C17H24N4O4. The Morgan fingerprint density at radius 2 is 1.88 bits per heavy atom. The van der Waals surface area contributed by atoms with E-state index in [1.165, 1.54) is 18.7 Å². The van der Waals surface area contributed by atoms with E-state index in [1.807, 2.05) is 20.8 Å². The van der Waals surface area contributed by atoms with E-state index in [1.54, 1.807) is 11.1 Å². The van der Waals surface area contributed by atoms with Crippen LogP contribution in [0.2, 0.25) is 0 Å². The van der Waals surface area contributed by atoms with Crippen molar-refractivity contribution in [2.45, 2.75) is 33.7 Å². The van der Waals surface area contributed by atoms with Crippen LogP contribution in [0.3, 0.4) is 0 Å². The van der Waals surface area contributed by atoms with Gasteiger partial charge in [-0.2, -0.15) is 0 Å². The quantitative estimate of drug-likeness (QED) is 0.760. The van der Waals surface area contributed by atoms with Crippen molar-refractivity contribution in [3.8, 4) is 5.75 Å². The van der Waals surface area contributed by atoms with Gasteiger partial charge in [-0.3, -0.25) is 14.2 Å². The molecule has 0 saturated carbocycles. The van der Waals surface area contributed by atoms with Gasteiger partial charge < -0.3 is 9.64 Å². The molecule has 0 N–H and O–H groups in total. The number of amides is 1. The maximum absolute atomic E-state index is 12.9. The molecule has 0 radical (unpaired) electrons. The Bertz CT molecular complexity index is 909. The molecule has 136 valence electrons. The summed E-state index contributed by atoms with van der Waals surface area (Å²) in [7, 11) is 3.00. The molecule has 2 aromatic heterocycles. The molecule has 0 atom stereocenters. The Labute approximate surface area is 145 Å². The van der Waals surface area contributed by atoms with Crippen molar-refractivity contribution in [1.82, 2.24) is 19.0 Å². The van der Waals surface area contributed by atoms with Gasteiger partial charge in [0.1, 0.15) is 17.7 Å². The monoisotopic (exact) mass is 348 g/mol. The van der Waals surface area contributed by atoms with Crippen molar-refractivity contribution >= 4 is 16.9 Å². The van der Waals surface area contributed by atoms with Crippen LogP contribution in [0.5, 0.6) is 5.75 Å². The zero-order valence-corrected chi connectivity index (χ0v) is 15.3. The highest BCUT2D eigenvalue weighted by molar-refractivity contribution is 5.83. The molecule has 8 nitrogen and oxygen atoms in total. The number of hydrogen-bond donors (Lipinski definition) is 0. The van der Waals surface area contributed by atoms with Crippen molar-refractivity contribution in [1.29, 1.82) is 0 Å². The lowest BCUT2D eigenvalue weighted by molar-refractivity contribution is -0.131. The van der Waals surface area contributed by atoms with E-state index in [9.17, 15) is 14.4 Å². The van der Waals surface area contributed by atoms with Crippen LogP contribution < -0.4 is 16.0 Å². The molecule has 0 fully saturated rings. The number of ether oxygens (including phenoxy) is 1. The minimum Gasteiger partial charge on any atom is -0.495 e. The predicted molar refractivity (Wildman–Crippen MR) is 95.1 cm³/mol. The second-order valence-electron chi connectivity index (χ2n) is 5.67. The molecule has 0 unspecified atom stereocenters. The number of nitrogens with zero attached hydrogens (tertiary/aromatic N) is 4. The normalized spacial score (nSPS) is 10.9. The lowest BCUT2D eigenvalue weighted by atomic mass is 10.1. The van der Waals surface area contributed by atoms with Gasteiger partial charge in [0.2, 0.25) is 5.91 Å². The molecule has 1 amide bonds. The topological polar surface area (TPSA) is 86.4 Å². The third kappa shape index (κ3) is 3.16. The lowest BCUT2D eigenvalue weighted by Crippen LogP contribution is -2.44. The van der Waals surface area contributed by atoms with Crippen molar-refractivity contribution < 1.29 is 9.53 Å². The highest BCUT2D eigenvalue weighted by atomic mass is 16.5. The first-order chi connectivity index (χ1) is 11.9.